The van der Waals surface area contributed by atoms with Gasteiger partial charge >= 0.3 is 5.97 Å². The molecule has 0 aliphatic heterocycles. The lowest BCUT2D eigenvalue weighted by molar-refractivity contribution is -0.142. The molecule has 0 saturated heterocycles. The zero-order valence-electron chi connectivity index (χ0n) is 17.9. The van der Waals surface area contributed by atoms with Crippen LogP contribution in [-0.2, 0) is 20.7 Å². The van der Waals surface area contributed by atoms with Gasteiger partial charge in [0.25, 0.3) is 0 Å². The molecule has 0 bridgehead atoms. The summed E-state index contributed by atoms with van der Waals surface area (Å²) in [6.07, 6.45) is 7.84. The summed E-state index contributed by atoms with van der Waals surface area (Å²) < 4.78 is 4.55. The highest BCUT2D eigenvalue weighted by Gasteiger charge is 2.19. The molecule has 0 heterocycles. The van der Waals surface area contributed by atoms with Gasteiger partial charge in [0.1, 0.15) is 0 Å². The Balaban J connectivity index is 0.000000396. The molecule has 158 valence electrons. The first-order valence-corrected chi connectivity index (χ1v) is 10.6. The maximum Gasteiger partial charge on any atom is 0.305 e. The van der Waals surface area contributed by atoms with Gasteiger partial charge in [0.15, 0.2) is 5.78 Å². The van der Waals surface area contributed by atoms with Gasteiger partial charge in [-0.15, -0.1) is 0 Å². The number of ether oxygens (including phenoxy) is 1. The molecule has 4 heteroatoms. The Bertz CT molecular complexity index is 898. The highest BCUT2D eigenvalue weighted by Crippen LogP contribution is 2.29. The average Bonchev–Trinajstić information content (AvgIpc) is 2.77. The molecule has 2 aromatic carbocycles. The Hall–Kier alpha value is -3.14. The molecule has 30 heavy (non-hydrogen) atoms. The molecule has 0 unspecified atom stereocenters. The Morgan fingerprint density at radius 1 is 0.933 bits per heavy atom. The second kappa shape index (κ2) is 12.4. The molecule has 0 saturated carbocycles. The van der Waals surface area contributed by atoms with Crippen LogP contribution in [0.5, 0.6) is 0 Å². The Morgan fingerprint density at radius 2 is 1.63 bits per heavy atom. The van der Waals surface area contributed by atoms with Gasteiger partial charge in [-0.05, 0) is 55.4 Å². The highest BCUT2D eigenvalue weighted by molar-refractivity contribution is 6.30. The van der Waals surface area contributed by atoms with E-state index in [4.69, 9.17) is 5.73 Å². The molecular weight excluding hydrogens is 374 g/mol. The van der Waals surface area contributed by atoms with E-state index < -0.39 is 0 Å². The van der Waals surface area contributed by atoms with Crippen molar-refractivity contribution < 1.29 is 14.3 Å². The van der Waals surface area contributed by atoms with Crippen LogP contribution >= 0.6 is 0 Å². The van der Waals surface area contributed by atoms with E-state index in [1.165, 1.54) is 5.56 Å². The minimum atomic E-state index is -0.123. The van der Waals surface area contributed by atoms with Crippen molar-refractivity contribution in [2.45, 2.75) is 46.0 Å². The molecule has 4 nitrogen and oxygen atoms in total. The number of carbonyl (C=O) groups excluding carboxylic acids is 2. The predicted molar refractivity (Wildman–Crippen MR) is 123 cm³/mol. The van der Waals surface area contributed by atoms with E-state index in [-0.39, 0.29) is 11.8 Å². The number of benzene rings is 2. The summed E-state index contributed by atoms with van der Waals surface area (Å²) in [5, 5.41) is 0. The van der Waals surface area contributed by atoms with Gasteiger partial charge in [0.05, 0.1) is 6.61 Å². The van der Waals surface area contributed by atoms with Crippen molar-refractivity contribution in [3.63, 3.8) is 0 Å². The quantitative estimate of drug-likeness (QED) is 0.384. The van der Waals surface area contributed by atoms with Crippen molar-refractivity contribution >= 4 is 23.4 Å². The van der Waals surface area contributed by atoms with Crippen molar-refractivity contribution in [2.75, 3.05) is 6.61 Å². The first kappa shape index (κ1) is 23.1. The average molecular weight is 406 g/mol. The van der Waals surface area contributed by atoms with Gasteiger partial charge in [-0.2, -0.15) is 0 Å². The van der Waals surface area contributed by atoms with E-state index in [1.807, 2.05) is 36.4 Å². The van der Waals surface area contributed by atoms with Crippen LogP contribution in [0.2, 0.25) is 0 Å². The van der Waals surface area contributed by atoms with Gasteiger partial charge in [0, 0.05) is 17.7 Å². The smallest absolute Gasteiger partial charge is 0.305 e. The number of esters is 1. The molecule has 0 radical (unpaired) electrons. The van der Waals surface area contributed by atoms with Crippen molar-refractivity contribution in [1.29, 1.82) is 0 Å². The van der Waals surface area contributed by atoms with Crippen molar-refractivity contribution in [3.05, 3.63) is 83.1 Å². The molecule has 2 N–H and O–H groups in total. The van der Waals surface area contributed by atoms with Crippen LogP contribution in [0.15, 0.2) is 66.4 Å². The van der Waals surface area contributed by atoms with Crippen LogP contribution in [0.4, 0.5) is 0 Å². The standard InChI is InChI=1S/C21H21NO.C5H10O2/c22-19(13-7-4-10-16-8-2-1-3-9-16)21-18-12-6-5-11-17(18)14-15-20(21)23;1-3-5(6)7-4-2/h1-3,5-6,8-9,11-12,14-15H,4,7,10,13,22H2;3-4H2,1-2H3. The molecule has 2 aromatic rings. The summed E-state index contributed by atoms with van der Waals surface area (Å²) in [4.78, 5) is 22.4. The lowest BCUT2D eigenvalue weighted by atomic mass is 9.89. The van der Waals surface area contributed by atoms with Crippen molar-refractivity contribution in [1.82, 2.24) is 0 Å². The number of hydrogen-bond donors (Lipinski definition) is 1. The number of rotatable bonds is 7. The van der Waals surface area contributed by atoms with E-state index in [1.54, 1.807) is 19.9 Å². The van der Waals surface area contributed by atoms with E-state index in [9.17, 15) is 9.59 Å². The summed E-state index contributed by atoms with van der Waals surface area (Å²) >= 11 is 0. The third-order valence-corrected chi connectivity index (χ3v) is 4.81. The van der Waals surface area contributed by atoms with Crippen molar-refractivity contribution in [2.24, 2.45) is 5.73 Å². The number of ketones is 1. The van der Waals surface area contributed by atoms with Gasteiger partial charge in [-0.25, -0.2) is 0 Å². The maximum absolute atomic E-state index is 12.2. The Morgan fingerprint density at radius 3 is 2.30 bits per heavy atom. The van der Waals surface area contributed by atoms with Crippen LogP contribution in [-0.4, -0.2) is 18.4 Å². The molecular formula is C26H31NO3. The molecule has 0 spiro atoms. The second-order valence-electron chi connectivity index (χ2n) is 7.04. The van der Waals surface area contributed by atoms with Crippen LogP contribution in [0.25, 0.3) is 11.6 Å². The topological polar surface area (TPSA) is 69.4 Å². The largest absolute Gasteiger partial charge is 0.466 e. The second-order valence-corrected chi connectivity index (χ2v) is 7.04. The predicted octanol–water partition coefficient (Wildman–Crippen LogP) is 5.32. The monoisotopic (exact) mass is 405 g/mol. The summed E-state index contributed by atoms with van der Waals surface area (Å²) in [7, 11) is 0. The molecule has 1 aliphatic rings. The molecule has 0 amide bonds. The Kier molecular flexibility index (Phi) is 9.59. The zero-order valence-corrected chi connectivity index (χ0v) is 17.9. The van der Waals surface area contributed by atoms with E-state index in [2.05, 4.69) is 29.0 Å². The molecule has 0 atom stereocenters. The van der Waals surface area contributed by atoms with Crippen LogP contribution < -0.4 is 5.73 Å². The number of hydrogen-bond acceptors (Lipinski definition) is 4. The molecule has 0 aromatic heterocycles. The normalized spacial score (nSPS) is 13.7. The number of nitrogens with two attached hydrogens (primary N) is 1. The number of allylic oxidation sites excluding steroid dienone is 3. The summed E-state index contributed by atoms with van der Waals surface area (Å²) in [5.41, 5.74) is 11.0. The summed E-state index contributed by atoms with van der Waals surface area (Å²) in [6.45, 7) is 4.07. The van der Waals surface area contributed by atoms with Gasteiger partial charge in [-0.1, -0.05) is 67.6 Å². The van der Waals surface area contributed by atoms with Crippen LogP contribution in [0.1, 0.15) is 56.2 Å². The highest BCUT2D eigenvalue weighted by atomic mass is 16.5. The first-order valence-electron chi connectivity index (χ1n) is 10.6. The summed E-state index contributed by atoms with van der Waals surface area (Å²) in [6, 6.07) is 18.4. The molecule has 3 rings (SSSR count). The number of carbonyl (C=O) groups is 2. The van der Waals surface area contributed by atoms with Crippen LogP contribution in [0.3, 0.4) is 0 Å². The van der Waals surface area contributed by atoms with Crippen LogP contribution in [0, 0.1) is 0 Å². The number of unbranched alkanes of at least 4 members (excludes halogenated alkanes) is 1. The molecule has 0 fully saturated rings. The fourth-order valence-electron chi connectivity index (χ4n) is 3.26. The minimum absolute atomic E-state index is 0.0178. The van der Waals surface area contributed by atoms with Gasteiger partial charge in [-0.3, -0.25) is 9.59 Å². The van der Waals surface area contributed by atoms with E-state index in [0.29, 0.717) is 24.3 Å². The lowest BCUT2D eigenvalue weighted by Gasteiger charge is -2.16. The fourth-order valence-corrected chi connectivity index (χ4v) is 3.26. The number of fused-ring (bicyclic) bond motifs is 1. The zero-order chi connectivity index (χ0) is 21.8. The first-order chi connectivity index (χ1) is 14.6. The van der Waals surface area contributed by atoms with Gasteiger partial charge in [0.2, 0.25) is 0 Å². The van der Waals surface area contributed by atoms with E-state index in [0.717, 1.165) is 36.8 Å². The number of aryl methyl sites for hydroxylation is 1. The maximum atomic E-state index is 12.2. The van der Waals surface area contributed by atoms with E-state index >= 15 is 0 Å². The summed E-state index contributed by atoms with van der Waals surface area (Å²) in [5.74, 6) is -0.105. The molecule has 1 aliphatic carbocycles. The lowest BCUT2D eigenvalue weighted by Crippen LogP contribution is -2.12. The SMILES string of the molecule is CCOC(=O)CC.NC(CCCCc1ccccc1)=C1C(=O)C=Cc2ccccc21. The van der Waals surface area contributed by atoms with Crippen molar-refractivity contribution in [3.8, 4) is 0 Å². The van der Waals surface area contributed by atoms with Gasteiger partial charge < -0.3 is 10.5 Å². The minimum Gasteiger partial charge on any atom is -0.466 e. The third kappa shape index (κ3) is 7.03. The fraction of sp³-hybridized carbons (Fsp3) is 0.308. The third-order valence-electron chi connectivity index (χ3n) is 4.81. The Labute approximate surface area is 179 Å².